The lowest BCUT2D eigenvalue weighted by Gasteiger charge is -2.17. The van der Waals surface area contributed by atoms with Crippen LogP contribution in [0.5, 0.6) is 0 Å². The van der Waals surface area contributed by atoms with Gasteiger partial charge in [0.2, 0.25) is 0 Å². The molecule has 19 heavy (non-hydrogen) atoms. The predicted octanol–water partition coefficient (Wildman–Crippen LogP) is 3.66. The quantitative estimate of drug-likeness (QED) is 0.810. The molecule has 98 valence electrons. The van der Waals surface area contributed by atoms with Crippen LogP contribution in [0.15, 0.2) is 42.6 Å². The van der Waals surface area contributed by atoms with Gasteiger partial charge < -0.3 is 4.90 Å². The normalized spacial score (nSPS) is 10.3. The molecule has 0 bridgehead atoms. The van der Waals surface area contributed by atoms with Crippen molar-refractivity contribution in [1.82, 2.24) is 9.88 Å². The van der Waals surface area contributed by atoms with Crippen LogP contribution >= 0.6 is 23.2 Å². The second kappa shape index (κ2) is 6.04. The summed E-state index contributed by atoms with van der Waals surface area (Å²) in [7, 11) is 1.72. The lowest BCUT2D eigenvalue weighted by molar-refractivity contribution is 0.0785. The molecule has 1 aromatic heterocycles. The molecule has 0 aliphatic heterocycles. The van der Waals surface area contributed by atoms with Crippen LogP contribution in [0, 0.1) is 0 Å². The zero-order valence-electron chi connectivity index (χ0n) is 10.3. The van der Waals surface area contributed by atoms with E-state index < -0.39 is 0 Å². The van der Waals surface area contributed by atoms with Crippen molar-refractivity contribution >= 4 is 29.1 Å². The van der Waals surface area contributed by atoms with Crippen molar-refractivity contribution in [3.05, 3.63) is 63.9 Å². The number of aromatic nitrogens is 1. The zero-order chi connectivity index (χ0) is 13.8. The summed E-state index contributed by atoms with van der Waals surface area (Å²) < 4.78 is 0. The molecule has 0 saturated heterocycles. The Morgan fingerprint density at radius 3 is 2.53 bits per heavy atom. The first-order chi connectivity index (χ1) is 9.08. The van der Waals surface area contributed by atoms with E-state index in [9.17, 15) is 4.79 Å². The third-order valence-corrected chi connectivity index (χ3v) is 3.22. The number of pyridine rings is 1. The fraction of sp³-hybridized carbons (Fsp3) is 0.143. The third kappa shape index (κ3) is 3.46. The number of benzene rings is 1. The largest absolute Gasteiger partial charge is 0.337 e. The topological polar surface area (TPSA) is 33.2 Å². The first kappa shape index (κ1) is 13.8. The van der Waals surface area contributed by atoms with Crippen molar-refractivity contribution in [1.29, 1.82) is 0 Å². The maximum Gasteiger partial charge on any atom is 0.257 e. The molecule has 0 fully saturated rings. The number of rotatable bonds is 3. The molecule has 3 nitrogen and oxygen atoms in total. The highest BCUT2D eigenvalue weighted by Crippen LogP contribution is 2.16. The van der Waals surface area contributed by atoms with Gasteiger partial charge in [-0.3, -0.25) is 4.79 Å². The molecule has 0 spiro atoms. The Morgan fingerprint density at radius 2 is 1.89 bits per heavy atom. The van der Waals surface area contributed by atoms with Gasteiger partial charge in [-0.1, -0.05) is 35.3 Å². The molecule has 0 radical (unpaired) electrons. The van der Waals surface area contributed by atoms with Gasteiger partial charge >= 0.3 is 0 Å². The van der Waals surface area contributed by atoms with Crippen molar-refractivity contribution < 1.29 is 4.79 Å². The first-order valence-electron chi connectivity index (χ1n) is 5.68. The smallest absolute Gasteiger partial charge is 0.257 e. The molecular weight excluding hydrogens is 283 g/mol. The number of carbonyl (C=O) groups excluding carboxylic acids is 1. The van der Waals surface area contributed by atoms with Gasteiger partial charge in [0.1, 0.15) is 5.15 Å². The van der Waals surface area contributed by atoms with Crippen LogP contribution in [0.1, 0.15) is 15.9 Å². The van der Waals surface area contributed by atoms with Crippen LogP contribution in [0.2, 0.25) is 10.2 Å². The Bertz CT molecular complexity index is 584. The Kier molecular flexibility index (Phi) is 4.40. The van der Waals surface area contributed by atoms with E-state index in [1.54, 1.807) is 42.4 Å². The van der Waals surface area contributed by atoms with Gasteiger partial charge in [-0.25, -0.2) is 4.98 Å². The SMILES string of the molecule is CN(Cc1ccc(Cl)cc1)C(=O)c1cccnc1Cl. The predicted molar refractivity (Wildman–Crippen MR) is 76.5 cm³/mol. The summed E-state index contributed by atoms with van der Waals surface area (Å²) >= 11 is 11.7. The summed E-state index contributed by atoms with van der Waals surface area (Å²) in [5.74, 6) is -0.159. The van der Waals surface area contributed by atoms with Gasteiger partial charge in [0.05, 0.1) is 5.56 Å². The molecule has 0 saturated carbocycles. The summed E-state index contributed by atoms with van der Waals surface area (Å²) in [6.45, 7) is 0.487. The van der Waals surface area contributed by atoms with Crippen LogP contribution < -0.4 is 0 Å². The minimum absolute atomic E-state index is 0.159. The van der Waals surface area contributed by atoms with Crippen molar-refractivity contribution in [3.8, 4) is 0 Å². The first-order valence-corrected chi connectivity index (χ1v) is 6.44. The molecule has 1 amide bonds. The number of hydrogen-bond donors (Lipinski definition) is 0. The van der Waals surface area contributed by atoms with Gasteiger partial charge in [-0.15, -0.1) is 0 Å². The molecule has 0 unspecified atom stereocenters. The molecule has 1 heterocycles. The Labute approximate surface area is 121 Å². The highest BCUT2D eigenvalue weighted by atomic mass is 35.5. The van der Waals surface area contributed by atoms with Crippen LogP contribution in [0.3, 0.4) is 0 Å². The molecule has 0 atom stereocenters. The van der Waals surface area contributed by atoms with E-state index in [0.29, 0.717) is 17.1 Å². The van der Waals surface area contributed by atoms with Crippen LogP contribution in [-0.4, -0.2) is 22.8 Å². The number of hydrogen-bond acceptors (Lipinski definition) is 2. The van der Waals surface area contributed by atoms with Crippen LogP contribution in [0.4, 0.5) is 0 Å². The second-order valence-electron chi connectivity index (χ2n) is 4.13. The molecule has 5 heteroatoms. The van der Waals surface area contributed by atoms with Crippen molar-refractivity contribution in [2.24, 2.45) is 0 Å². The minimum Gasteiger partial charge on any atom is -0.337 e. The fourth-order valence-corrected chi connectivity index (χ4v) is 2.01. The number of halogens is 2. The van der Waals surface area contributed by atoms with Crippen LogP contribution in [0.25, 0.3) is 0 Å². The van der Waals surface area contributed by atoms with Crippen LogP contribution in [-0.2, 0) is 6.54 Å². The Hall–Kier alpha value is -1.58. The molecular formula is C14H12Cl2N2O. The van der Waals surface area contributed by atoms with Crippen molar-refractivity contribution in [2.75, 3.05) is 7.05 Å². The summed E-state index contributed by atoms with van der Waals surface area (Å²) in [5, 5.41) is 0.892. The molecule has 0 aliphatic rings. The van der Waals surface area contributed by atoms with E-state index in [1.807, 2.05) is 12.1 Å². The molecule has 2 rings (SSSR count). The van der Waals surface area contributed by atoms with Gasteiger partial charge in [0.15, 0.2) is 0 Å². The summed E-state index contributed by atoms with van der Waals surface area (Å²) in [5.41, 5.74) is 1.40. The summed E-state index contributed by atoms with van der Waals surface area (Å²) in [4.78, 5) is 17.7. The number of amides is 1. The number of carbonyl (C=O) groups is 1. The van der Waals surface area contributed by atoms with Gasteiger partial charge in [-0.05, 0) is 29.8 Å². The van der Waals surface area contributed by atoms with E-state index in [4.69, 9.17) is 23.2 Å². The zero-order valence-corrected chi connectivity index (χ0v) is 11.8. The van der Waals surface area contributed by atoms with Gasteiger partial charge in [0.25, 0.3) is 5.91 Å². The molecule has 1 aromatic carbocycles. The molecule has 0 aliphatic carbocycles. The fourth-order valence-electron chi connectivity index (χ4n) is 1.69. The second-order valence-corrected chi connectivity index (χ2v) is 4.92. The van der Waals surface area contributed by atoms with E-state index in [-0.39, 0.29) is 11.1 Å². The van der Waals surface area contributed by atoms with Gasteiger partial charge in [0, 0.05) is 24.8 Å². The monoisotopic (exact) mass is 294 g/mol. The van der Waals surface area contributed by atoms with E-state index in [2.05, 4.69) is 4.98 Å². The maximum atomic E-state index is 12.2. The van der Waals surface area contributed by atoms with Crippen molar-refractivity contribution in [2.45, 2.75) is 6.54 Å². The molecule has 0 N–H and O–H groups in total. The maximum absolute atomic E-state index is 12.2. The van der Waals surface area contributed by atoms with Crippen molar-refractivity contribution in [3.63, 3.8) is 0 Å². The average molecular weight is 295 g/mol. The summed E-state index contributed by atoms with van der Waals surface area (Å²) in [6, 6.07) is 10.7. The number of nitrogens with zero attached hydrogens (tertiary/aromatic N) is 2. The highest BCUT2D eigenvalue weighted by Gasteiger charge is 2.15. The van der Waals surface area contributed by atoms with Gasteiger partial charge in [-0.2, -0.15) is 0 Å². The third-order valence-electron chi connectivity index (χ3n) is 2.67. The lowest BCUT2D eigenvalue weighted by Crippen LogP contribution is -2.26. The van der Waals surface area contributed by atoms with E-state index in [0.717, 1.165) is 5.56 Å². The standard InChI is InChI=1S/C14H12Cl2N2O/c1-18(9-10-4-6-11(15)7-5-10)14(19)12-3-2-8-17-13(12)16/h2-8H,9H2,1H3. The Balaban J connectivity index is 2.12. The molecule has 2 aromatic rings. The van der Waals surface area contributed by atoms with E-state index >= 15 is 0 Å². The summed E-state index contributed by atoms with van der Waals surface area (Å²) in [6.07, 6.45) is 1.55. The Morgan fingerprint density at radius 1 is 1.21 bits per heavy atom. The lowest BCUT2D eigenvalue weighted by atomic mass is 10.2. The highest BCUT2D eigenvalue weighted by molar-refractivity contribution is 6.32. The average Bonchev–Trinajstić information content (AvgIpc) is 2.41. The minimum atomic E-state index is -0.159. The van der Waals surface area contributed by atoms with E-state index in [1.165, 1.54) is 0 Å².